The molecule has 5 nitrogen and oxygen atoms in total. The van der Waals surface area contributed by atoms with Crippen molar-refractivity contribution < 1.29 is 0 Å². The lowest BCUT2D eigenvalue weighted by molar-refractivity contribution is 0.151. The molecule has 3 heterocycles. The van der Waals surface area contributed by atoms with Gasteiger partial charge < -0.3 is 14.8 Å². The van der Waals surface area contributed by atoms with Crippen molar-refractivity contribution in [1.82, 2.24) is 25.0 Å². The SMILES string of the molecule is CC(C)(C)CN1CCC(c2nnc3n2CCNC3)CC1.Cl. The molecule has 21 heavy (non-hydrogen) atoms. The van der Waals surface area contributed by atoms with Gasteiger partial charge in [0, 0.05) is 25.6 Å². The van der Waals surface area contributed by atoms with Crippen molar-refractivity contribution in [2.75, 3.05) is 26.2 Å². The van der Waals surface area contributed by atoms with E-state index in [9.17, 15) is 0 Å². The Kier molecular flexibility index (Phi) is 5.28. The molecule has 1 aromatic heterocycles. The van der Waals surface area contributed by atoms with E-state index < -0.39 is 0 Å². The van der Waals surface area contributed by atoms with Crippen LogP contribution in [0.15, 0.2) is 0 Å². The summed E-state index contributed by atoms with van der Waals surface area (Å²) in [5, 5.41) is 12.2. The molecule has 1 saturated heterocycles. The van der Waals surface area contributed by atoms with Crippen LogP contribution in [0.4, 0.5) is 0 Å². The van der Waals surface area contributed by atoms with Crippen LogP contribution in [0.25, 0.3) is 0 Å². The molecule has 0 aliphatic carbocycles. The predicted octanol–water partition coefficient (Wildman–Crippen LogP) is 2.03. The quantitative estimate of drug-likeness (QED) is 0.907. The molecule has 0 aromatic carbocycles. The molecule has 2 aliphatic heterocycles. The van der Waals surface area contributed by atoms with E-state index in [2.05, 4.69) is 45.8 Å². The van der Waals surface area contributed by atoms with E-state index in [0.717, 1.165) is 25.5 Å². The van der Waals surface area contributed by atoms with Crippen molar-refractivity contribution in [3.63, 3.8) is 0 Å². The van der Waals surface area contributed by atoms with Crippen LogP contribution in [0.1, 0.15) is 51.2 Å². The molecule has 1 aromatic rings. The van der Waals surface area contributed by atoms with E-state index in [0.29, 0.717) is 11.3 Å². The number of halogens is 1. The minimum Gasteiger partial charge on any atom is -0.312 e. The first-order valence-corrected chi connectivity index (χ1v) is 7.88. The van der Waals surface area contributed by atoms with Gasteiger partial charge in [-0.2, -0.15) is 0 Å². The summed E-state index contributed by atoms with van der Waals surface area (Å²) in [6.45, 7) is 13.5. The molecule has 2 aliphatic rings. The second-order valence-electron chi connectivity index (χ2n) is 7.41. The van der Waals surface area contributed by atoms with Gasteiger partial charge >= 0.3 is 0 Å². The lowest BCUT2D eigenvalue weighted by atomic mass is 9.91. The van der Waals surface area contributed by atoms with Crippen LogP contribution in [-0.4, -0.2) is 45.8 Å². The van der Waals surface area contributed by atoms with Crippen LogP contribution >= 0.6 is 12.4 Å². The Labute approximate surface area is 133 Å². The molecule has 0 spiro atoms. The van der Waals surface area contributed by atoms with Crippen molar-refractivity contribution >= 4 is 12.4 Å². The van der Waals surface area contributed by atoms with E-state index in [4.69, 9.17) is 0 Å². The first kappa shape index (κ1) is 16.7. The molecule has 0 saturated carbocycles. The molecule has 1 N–H and O–H groups in total. The zero-order valence-electron chi connectivity index (χ0n) is 13.4. The number of rotatable bonds is 2. The average Bonchev–Trinajstić information content (AvgIpc) is 2.82. The summed E-state index contributed by atoms with van der Waals surface area (Å²) in [7, 11) is 0. The zero-order chi connectivity index (χ0) is 14.2. The van der Waals surface area contributed by atoms with Crippen LogP contribution < -0.4 is 5.32 Å². The smallest absolute Gasteiger partial charge is 0.147 e. The summed E-state index contributed by atoms with van der Waals surface area (Å²) in [4.78, 5) is 2.60. The fraction of sp³-hybridized carbons (Fsp3) is 0.867. The van der Waals surface area contributed by atoms with Crippen LogP contribution in [0.3, 0.4) is 0 Å². The number of likely N-dealkylation sites (tertiary alicyclic amines) is 1. The summed E-state index contributed by atoms with van der Waals surface area (Å²) in [5.74, 6) is 2.95. The molecule has 0 radical (unpaired) electrons. The van der Waals surface area contributed by atoms with Gasteiger partial charge in [0.1, 0.15) is 11.6 Å². The lowest BCUT2D eigenvalue weighted by Crippen LogP contribution is -2.39. The van der Waals surface area contributed by atoms with Gasteiger partial charge in [-0.05, 0) is 31.3 Å². The highest BCUT2D eigenvalue weighted by Gasteiger charge is 2.28. The average molecular weight is 314 g/mol. The fourth-order valence-electron chi connectivity index (χ4n) is 3.44. The van der Waals surface area contributed by atoms with Gasteiger partial charge in [-0.3, -0.25) is 0 Å². The molecule has 0 atom stereocenters. The maximum Gasteiger partial charge on any atom is 0.147 e. The van der Waals surface area contributed by atoms with Crippen molar-refractivity contribution in [1.29, 1.82) is 0 Å². The number of nitrogens with one attached hydrogen (secondary N) is 1. The lowest BCUT2D eigenvalue weighted by Gasteiger charge is -2.35. The molecule has 1 fully saturated rings. The van der Waals surface area contributed by atoms with E-state index >= 15 is 0 Å². The number of aromatic nitrogens is 3. The fourth-order valence-corrected chi connectivity index (χ4v) is 3.44. The van der Waals surface area contributed by atoms with Crippen LogP contribution in [0, 0.1) is 5.41 Å². The molecular weight excluding hydrogens is 286 g/mol. The van der Waals surface area contributed by atoms with E-state index in [1.165, 1.54) is 38.3 Å². The summed E-state index contributed by atoms with van der Waals surface area (Å²) in [6, 6.07) is 0. The summed E-state index contributed by atoms with van der Waals surface area (Å²) in [6.07, 6.45) is 2.45. The first-order valence-electron chi connectivity index (χ1n) is 7.88. The second-order valence-corrected chi connectivity index (χ2v) is 7.41. The maximum absolute atomic E-state index is 4.48. The number of hydrogen-bond donors (Lipinski definition) is 1. The Morgan fingerprint density at radius 1 is 1.14 bits per heavy atom. The highest BCUT2D eigenvalue weighted by molar-refractivity contribution is 5.85. The van der Waals surface area contributed by atoms with Crippen molar-refractivity contribution in [2.24, 2.45) is 5.41 Å². The summed E-state index contributed by atoms with van der Waals surface area (Å²) < 4.78 is 2.35. The highest BCUT2D eigenvalue weighted by atomic mass is 35.5. The Morgan fingerprint density at radius 2 is 1.86 bits per heavy atom. The largest absolute Gasteiger partial charge is 0.312 e. The minimum atomic E-state index is 0. The van der Waals surface area contributed by atoms with Gasteiger partial charge in [-0.1, -0.05) is 20.8 Å². The molecule has 0 amide bonds. The van der Waals surface area contributed by atoms with E-state index in [1.807, 2.05) is 0 Å². The third kappa shape index (κ3) is 3.96. The number of piperidine rings is 1. The molecular formula is C15H28ClN5. The minimum absolute atomic E-state index is 0. The normalized spacial score (nSPS) is 20.9. The van der Waals surface area contributed by atoms with E-state index in [1.54, 1.807) is 0 Å². The van der Waals surface area contributed by atoms with Crippen molar-refractivity contribution in [3.8, 4) is 0 Å². The monoisotopic (exact) mass is 313 g/mol. The summed E-state index contributed by atoms with van der Waals surface area (Å²) in [5.41, 5.74) is 0.395. The molecule has 0 bridgehead atoms. The molecule has 120 valence electrons. The number of hydrogen-bond acceptors (Lipinski definition) is 4. The Hall–Kier alpha value is -0.650. The van der Waals surface area contributed by atoms with Crippen LogP contribution in [0.2, 0.25) is 0 Å². The van der Waals surface area contributed by atoms with Gasteiger partial charge in [0.05, 0.1) is 6.54 Å². The zero-order valence-corrected chi connectivity index (χ0v) is 14.2. The standard InChI is InChI=1S/C15H27N5.ClH/c1-15(2,3)11-19-7-4-12(5-8-19)14-18-17-13-10-16-6-9-20(13)14;/h12,16H,4-11H2,1-3H3;1H. The van der Waals surface area contributed by atoms with Gasteiger partial charge in [-0.15, -0.1) is 22.6 Å². The van der Waals surface area contributed by atoms with Gasteiger partial charge in [0.15, 0.2) is 0 Å². The summed E-state index contributed by atoms with van der Waals surface area (Å²) >= 11 is 0. The maximum atomic E-state index is 4.48. The van der Waals surface area contributed by atoms with Gasteiger partial charge in [-0.25, -0.2) is 0 Å². The number of fused-ring (bicyclic) bond motifs is 1. The van der Waals surface area contributed by atoms with Crippen molar-refractivity contribution in [3.05, 3.63) is 11.6 Å². The van der Waals surface area contributed by atoms with Crippen LogP contribution in [-0.2, 0) is 13.1 Å². The van der Waals surface area contributed by atoms with E-state index in [-0.39, 0.29) is 12.4 Å². The number of nitrogens with zero attached hydrogens (tertiary/aromatic N) is 4. The predicted molar refractivity (Wildman–Crippen MR) is 86.8 cm³/mol. The van der Waals surface area contributed by atoms with Gasteiger partial charge in [0.25, 0.3) is 0 Å². The van der Waals surface area contributed by atoms with Gasteiger partial charge in [0.2, 0.25) is 0 Å². The van der Waals surface area contributed by atoms with Crippen LogP contribution in [0.5, 0.6) is 0 Å². The molecule has 3 rings (SSSR count). The highest BCUT2D eigenvalue weighted by Crippen LogP contribution is 2.29. The third-order valence-corrected chi connectivity index (χ3v) is 4.30. The first-order chi connectivity index (χ1) is 9.53. The second kappa shape index (κ2) is 6.63. The van der Waals surface area contributed by atoms with Crippen molar-refractivity contribution in [2.45, 2.75) is 52.6 Å². The topological polar surface area (TPSA) is 46.0 Å². The third-order valence-electron chi connectivity index (χ3n) is 4.30. The Morgan fingerprint density at radius 3 is 2.52 bits per heavy atom. The Bertz CT molecular complexity index is 457. The Balaban J connectivity index is 0.00000161. The molecule has 0 unspecified atom stereocenters. The molecule has 6 heteroatoms.